The van der Waals surface area contributed by atoms with E-state index in [0.29, 0.717) is 11.3 Å². The van der Waals surface area contributed by atoms with Gasteiger partial charge in [-0.25, -0.2) is 8.42 Å². The van der Waals surface area contributed by atoms with Crippen LogP contribution in [0.2, 0.25) is 0 Å². The fourth-order valence-electron chi connectivity index (χ4n) is 1.52. The molecule has 0 aliphatic rings. The van der Waals surface area contributed by atoms with Crippen LogP contribution >= 0.6 is 0 Å². The van der Waals surface area contributed by atoms with Crippen LogP contribution in [-0.2, 0) is 10.0 Å². The topological polar surface area (TPSA) is 87.2 Å². The van der Waals surface area contributed by atoms with Crippen molar-refractivity contribution in [2.45, 2.75) is 25.5 Å². The van der Waals surface area contributed by atoms with Crippen LogP contribution in [0.25, 0.3) is 0 Å². The molecule has 0 heterocycles. The lowest BCUT2D eigenvalue weighted by atomic mass is 10.1. The van der Waals surface area contributed by atoms with Gasteiger partial charge in [-0.2, -0.15) is 0 Å². The van der Waals surface area contributed by atoms with E-state index in [2.05, 4.69) is 0 Å². The summed E-state index contributed by atoms with van der Waals surface area (Å²) in [7, 11) is -2.03. The molecule has 0 spiro atoms. The molecule has 1 aromatic carbocycles. The number of amidine groups is 1. The molecule has 6 heteroatoms. The van der Waals surface area contributed by atoms with Crippen molar-refractivity contribution in [3.8, 4) is 0 Å². The van der Waals surface area contributed by atoms with Crippen LogP contribution in [0, 0.1) is 5.41 Å². The molecule has 0 fully saturated rings. The number of anilines is 1. The molecule has 0 saturated carbocycles. The Labute approximate surface area is 108 Å². The van der Waals surface area contributed by atoms with Gasteiger partial charge in [-0.15, -0.1) is 0 Å². The second-order valence-corrected chi connectivity index (χ2v) is 7.74. The first-order valence-corrected chi connectivity index (χ1v) is 6.95. The number of rotatable bonds is 3. The van der Waals surface area contributed by atoms with E-state index >= 15 is 0 Å². The maximum Gasteiger partial charge on any atom is 0.239 e. The van der Waals surface area contributed by atoms with Crippen LogP contribution in [0.15, 0.2) is 24.3 Å². The number of nitrogen functional groups attached to an aromatic ring is 1. The van der Waals surface area contributed by atoms with E-state index < -0.39 is 14.8 Å². The van der Waals surface area contributed by atoms with Gasteiger partial charge in [-0.05, 0) is 32.9 Å². The zero-order chi connectivity index (χ0) is 14.1. The van der Waals surface area contributed by atoms with Crippen LogP contribution in [0.5, 0.6) is 0 Å². The highest BCUT2D eigenvalue weighted by atomic mass is 32.2. The smallest absolute Gasteiger partial charge is 0.239 e. The van der Waals surface area contributed by atoms with Crippen LogP contribution < -0.4 is 10.0 Å². The Morgan fingerprint density at radius 1 is 1.28 bits per heavy atom. The molecule has 0 saturated heterocycles. The zero-order valence-corrected chi connectivity index (χ0v) is 11.9. The number of nitrogens with zero attached hydrogens (tertiary/aromatic N) is 1. The minimum atomic E-state index is -3.50. The Kier molecular flexibility index (Phi) is 3.71. The molecule has 1 rings (SSSR count). The number of nitrogens with two attached hydrogens (primary N) is 1. The van der Waals surface area contributed by atoms with Gasteiger partial charge in [-0.3, -0.25) is 9.71 Å². The van der Waals surface area contributed by atoms with Gasteiger partial charge in [0.05, 0.1) is 10.4 Å². The highest BCUT2D eigenvalue weighted by Crippen LogP contribution is 2.27. The fourth-order valence-corrected chi connectivity index (χ4v) is 2.76. The third kappa shape index (κ3) is 2.48. The molecule has 0 aromatic heterocycles. The first-order valence-electron chi connectivity index (χ1n) is 5.51. The molecule has 5 nitrogen and oxygen atoms in total. The monoisotopic (exact) mass is 269 g/mol. The second-order valence-electron chi connectivity index (χ2n) is 5.02. The summed E-state index contributed by atoms with van der Waals surface area (Å²) in [6.45, 7) is 4.90. The zero-order valence-electron chi connectivity index (χ0n) is 11.1. The maximum atomic E-state index is 12.3. The summed E-state index contributed by atoms with van der Waals surface area (Å²) in [4.78, 5) is 0. The molecule has 0 aliphatic heterocycles. The van der Waals surface area contributed by atoms with Gasteiger partial charge < -0.3 is 5.73 Å². The fraction of sp³-hybridized carbons (Fsp3) is 0.417. The number of sulfonamides is 1. The largest absolute Gasteiger partial charge is 0.384 e. The van der Waals surface area contributed by atoms with Crippen LogP contribution in [0.4, 0.5) is 5.69 Å². The minimum Gasteiger partial charge on any atom is -0.384 e. The molecular weight excluding hydrogens is 250 g/mol. The van der Waals surface area contributed by atoms with Crippen molar-refractivity contribution in [2.75, 3.05) is 11.4 Å². The van der Waals surface area contributed by atoms with Gasteiger partial charge in [0.1, 0.15) is 5.84 Å². The molecule has 3 N–H and O–H groups in total. The average molecular weight is 269 g/mol. The third-order valence-electron chi connectivity index (χ3n) is 2.67. The third-order valence-corrected chi connectivity index (χ3v) is 5.13. The molecule has 18 heavy (non-hydrogen) atoms. The van der Waals surface area contributed by atoms with Crippen molar-refractivity contribution in [2.24, 2.45) is 5.73 Å². The van der Waals surface area contributed by atoms with Crippen molar-refractivity contribution in [3.63, 3.8) is 0 Å². The summed E-state index contributed by atoms with van der Waals surface area (Å²) < 4.78 is 25.0. The van der Waals surface area contributed by atoms with Crippen molar-refractivity contribution >= 4 is 21.5 Å². The Hall–Kier alpha value is -1.56. The molecule has 0 amide bonds. The van der Waals surface area contributed by atoms with Gasteiger partial charge >= 0.3 is 0 Å². The first-order chi connectivity index (χ1) is 8.09. The predicted molar refractivity (Wildman–Crippen MR) is 74.5 cm³/mol. The van der Waals surface area contributed by atoms with E-state index in [9.17, 15) is 8.42 Å². The van der Waals surface area contributed by atoms with Gasteiger partial charge in [0, 0.05) is 12.6 Å². The molecule has 0 unspecified atom stereocenters. The Morgan fingerprint density at radius 3 is 2.22 bits per heavy atom. The maximum absolute atomic E-state index is 12.3. The van der Waals surface area contributed by atoms with E-state index in [1.165, 1.54) is 11.4 Å². The number of hydrogen-bond acceptors (Lipinski definition) is 3. The highest BCUT2D eigenvalue weighted by Gasteiger charge is 2.34. The highest BCUT2D eigenvalue weighted by molar-refractivity contribution is 7.94. The lowest BCUT2D eigenvalue weighted by molar-refractivity contribution is 0.558. The summed E-state index contributed by atoms with van der Waals surface area (Å²) in [5, 5.41) is 7.49. The lowest BCUT2D eigenvalue weighted by Gasteiger charge is -2.29. The van der Waals surface area contributed by atoms with Gasteiger partial charge in [0.25, 0.3) is 0 Å². The molecule has 100 valence electrons. The van der Waals surface area contributed by atoms with Crippen molar-refractivity contribution in [3.05, 3.63) is 29.8 Å². The number of hydrogen-bond donors (Lipinski definition) is 2. The summed E-state index contributed by atoms with van der Waals surface area (Å²) in [6.07, 6.45) is 0. The quantitative estimate of drug-likeness (QED) is 0.644. The lowest BCUT2D eigenvalue weighted by Crippen LogP contribution is -2.41. The van der Waals surface area contributed by atoms with Gasteiger partial charge in [0.2, 0.25) is 10.0 Å². The number of benzene rings is 1. The van der Waals surface area contributed by atoms with E-state index in [0.717, 1.165) is 0 Å². The Bertz CT molecular complexity index is 559. The van der Waals surface area contributed by atoms with E-state index in [1.807, 2.05) is 0 Å². The van der Waals surface area contributed by atoms with Crippen LogP contribution in [0.3, 0.4) is 0 Å². The second kappa shape index (κ2) is 4.61. The molecule has 1 aromatic rings. The van der Waals surface area contributed by atoms with Crippen molar-refractivity contribution < 1.29 is 8.42 Å². The summed E-state index contributed by atoms with van der Waals surface area (Å²) in [6, 6.07) is 6.71. The summed E-state index contributed by atoms with van der Waals surface area (Å²) in [5.74, 6) is -0.151. The Morgan fingerprint density at radius 2 is 1.78 bits per heavy atom. The van der Waals surface area contributed by atoms with Crippen molar-refractivity contribution in [1.29, 1.82) is 5.41 Å². The summed E-state index contributed by atoms with van der Waals surface area (Å²) >= 11 is 0. The molecule has 0 bridgehead atoms. The van der Waals surface area contributed by atoms with E-state index in [-0.39, 0.29) is 5.84 Å². The molecule has 0 atom stereocenters. The number of nitrogens with one attached hydrogen (secondary N) is 1. The standard InChI is InChI=1S/C12H19N3O2S/c1-12(2,3)18(16,17)15(4)10-8-6-5-7-9(10)11(13)14/h5-8H,1-4H3,(H3,13,14). The minimum absolute atomic E-state index is 0.151. The van der Waals surface area contributed by atoms with E-state index in [4.69, 9.17) is 11.1 Å². The van der Waals surface area contributed by atoms with E-state index in [1.54, 1.807) is 45.0 Å². The first kappa shape index (κ1) is 14.5. The predicted octanol–water partition coefficient (Wildman–Crippen LogP) is 1.54. The SMILES string of the molecule is CN(c1ccccc1C(=N)N)S(=O)(=O)C(C)(C)C. The van der Waals surface area contributed by atoms with Gasteiger partial charge in [-0.1, -0.05) is 12.1 Å². The number of para-hydroxylation sites is 1. The van der Waals surface area contributed by atoms with Crippen LogP contribution in [-0.4, -0.2) is 26.0 Å². The molecule has 0 radical (unpaired) electrons. The average Bonchev–Trinajstić information content (AvgIpc) is 2.26. The van der Waals surface area contributed by atoms with Crippen molar-refractivity contribution in [1.82, 2.24) is 0 Å². The normalized spacial score (nSPS) is 12.2. The molecular formula is C12H19N3O2S. The summed E-state index contributed by atoms with van der Waals surface area (Å²) in [5.41, 5.74) is 6.29. The van der Waals surface area contributed by atoms with Gasteiger partial charge in [0.15, 0.2) is 0 Å². The molecule has 0 aliphatic carbocycles. The van der Waals surface area contributed by atoms with Crippen LogP contribution in [0.1, 0.15) is 26.3 Å². The Balaban J connectivity index is 3.37.